The number of hydrogen-bond acceptors (Lipinski definition) is 4. The average molecular weight is 326 g/mol. The van der Waals surface area contributed by atoms with E-state index >= 15 is 0 Å². The van der Waals surface area contributed by atoms with Crippen LogP contribution in [-0.2, 0) is 9.53 Å². The molecule has 0 spiro atoms. The van der Waals surface area contributed by atoms with Crippen molar-refractivity contribution in [2.24, 2.45) is 0 Å². The standard InChI is InChI=1S/C19H22N2O3/c1-4-24-19(23)15-5-7-16(8-6-15)21-18(22)12-20-17-10-13(2)9-14(3)11-17/h5-11,20H,4,12H2,1-3H3,(H,21,22). The van der Waals surface area contributed by atoms with Gasteiger partial charge < -0.3 is 15.4 Å². The number of hydrogen-bond donors (Lipinski definition) is 2. The third-order valence-electron chi connectivity index (χ3n) is 3.35. The third kappa shape index (κ3) is 5.12. The molecule has 0 aliphatic heterocycles. The Morgan fingerprint density at radius 1 is 0.958 bits per heavy atom. The second-order valence-corrected chi connectivity index (χ2v) is 5.58. The molecule has 0 fully saturated rings. The molecule has 5 heteroatoms. The first-order chi connectivity index (χ1) is 11.5. The lowest BCUT2D eigenvalue weighted by atomic mass is 10.1. The van der Waals surface area contributed by atoms with Crippen LogP contribution in [0.4, 0.5) is 11.4 Å². The van der Waals surface area contributed by atoms with Gasteiger partial charge in [-0.2, -0.15) is 0 Å². The number of ether oxygens (including phenoxy) is 1. The van der Waals surface area contributed by atoms with Gasteiger partial charge in [0.1, 0.15) is 0 Å². The molecule has 1 amide bonds. The minimum Gasteiger partial charge on any atom is -0.462 e. The number of rotatable bonds is 6. The molecule has 0 heterocycles. The van der Waals surface area contributed by atoms with Gasteiger partial charge >= 0.3 is 5.97 Å². The Labute approximate surface area is 142 Å². The smallest absolute Gasteiger partial charge is 0.338 e. The van der Waals surface area contributed by atoms with Crippen LogP contribution >= 0.6 is 0 Å². The summed E-state index contributed by atoms with van der Waals surface area (Å²) in [6.45, 7) is 6.30. The van der Waals surface area contributed by atoms with Gasteiger partial charge in [0.05, 0.1) is 18.7 Å². The van der Waals surface area contributed by atoms with Gasteiger partial charge in [0.25, 0.3) is 0 Å². The van der Waals surface area contributed by atoms with Gasteiger partial charge in [-0.25, -0.2) is 4.79 Å². The molecular formula is C19H22N2O3. The highest BCUT2D eigenvalue weighted by molar-refractivity contribution is 5.95. The van der Waals surface area contributed by atoms with Crippen LogP contribution in [0, 0.1) is 13.8 Å². The Morgan fingerprint density at radius 2 is 1.58 bits per heavy atom. The second kappa shape index (κ2) is 8.15. The molecule has 0 bridgehead atoms. The minimum atomic E-state index is -0.369. The van der Waals surface area contributed by atoms with Crippen molar-refractivity contribution in [2.45, 2.75) is 20.8 Å². The Kier molecular flexibility index (Phi) is 5.95. The zero-order valence-corrected chi connectivity index (χ0v) is 14.2. The Balaban J connectivity index is 1.89. The first kappa shape index (κ1) is 17.5. The van der Waals surface area contributed by atoms with Crippen LogP contribution in [0.2, 0.25) is 0 Å². The summed E-state index contributed by atoms with van der Waals surface area (Å²) >= 11 is 0. The van der Waals surface area contributed by atoms with Gasteiger partial charge in [-0.3, -0.25) is 4.79 Å². The number of carbonyl (C=O) groups excluding carboxylic acids is 2. The number of benzene rings is 2. The van der Waals surface area contributed by atoms with Crippen LogP contribution in [-0.4, -0.2) is 25.0 Å². The van der Waals surface area contributed by atoms with Crippen LogP contribution in [0.15, 0.2) is 42.5 Å². The summed E-state index contributed by atoms with van der Waals surface area (Å²) in [5.41, 5.74) is 4.30. The summed E-state index contributed by atoms with van der Waals surface area (Å²) in [4.78, 5) is 23.6. The van der Waals surface area contributed by atoms with Crippen LogP contribution in [0.1, 0.15) is 28.4 Å². The first-order valence-electron chi connectivity index (χ1n) is 7.87. The van der Waals surface area contributed by atoms with Gasteiger partial charge in [-0.1, -0.05) is 6.07 Å². The van der Waals surface area contributed by atoms with Crippen molar-refractivity contribution in [3.8, 4) is 0 Å². The largest absolute Gasteiger partial charge is 0.462 e. The summed E-state index contributed by atoms with van der Waals surface area (Å²) in [6.07, 6.45) is 0. The minimum absolute atomic E-state index is 0.155. The highest BCUT2D eigenvalue weighted by Crippen LogP contribution is 2.14. The fraction of sp³-hybridized carbons (Fsp3) is 0.263. The summed E-state index contributed by atoms with van der Waals surface area (Å²) in [5.74, 6) is -0.523. The monoisotopic (exact) mass is 326 g/mol. The van der Waals surface area contributed by atoms with Crippen LogP contribution in [0.3, 0.4) is 0 Å². The molecule has 24 heavy (non-hydrogen) atoms. The molecule has 2 aromatic rings. The predicted molar refractivity (Wildman–Crippen MR) is 95.4 cm³/mol. The van der Waals surface area contributed by atoms with Crippen LogP contribution < -0.4 is 10.6 Å². The predicted octanol–water partition coefficient (Wildman–Crippen LogP) is 3.53. The molecule has 0 radical (unpaired) electrons. The Bertz CT molecular complexity index is 704. The number of aryl methyl sites for hydroxylation is 2. The zero-order valence-electron chi connectivity index (χ0n) is 14.2. The van der Waals surface area contributed by atoms with E-state index < -0.39 is 0 Å². The second-order valence-electron chi connectivity index (χ2n) is 5.58. The number of nitrogens with one attached hydrogen (secondary N) is 2. The number of carbonyl (C=O) groups is 2. The Morgan fingerprint density at radius 3 is 2.17 bits per heavy atom. The normalized spacial score (nSPS) is 10.1. The van der Waals surface area contributed by atoms with Gasteiger partial charge in [0.15, 0.2) is 0 Å². The fourth-order valence-electron chi connectivity index (χ4n) is 2.37. The highest BCUT2D eigenvalue weighted by Gasteiger charge is 2.07. The number of anilines is 2. The van der Waals surface area contributed by atoms with Crippen molar-refractivity contribution in [3.63, 3.8) is 0 Å². The van der Waals surface area contributed by atoms with E-state index in [1.807, 2.05) is 26.0 Å². The van der Waals surface area contributed by atoms with Crippen molar-refractivity contribution in [1.82, 2.24) is 0 Å². The lowest BCUT2D eigenvalue weighted by Crippen LogP contribution is -2.21. The van der Waals surface area contributed by atoms with Crippen molar-refractivity contribution >= 4 is 23.3 Å². The van der Waals surface area contributed by atoms with E-state index in [0.717, 1.165) is 16.8 Å². The number of esters is 1. The first-order valence-corrected chi connectivity index (χ1v) is 7.87. The topological polar surface area (TPSA) is 67.4 Å². The van der Waals surface area contributed by atoms with Crippen molar-refractivity contribution in [2.75, 3.05) is 23.8 Å². The van der Waals surface area contributed by atoms with E-state index in [9.17, 15) is 9.59 Å². The molecule has 2 aromatic carbocycles. The van der Waals surface area contributed by atoms with Crippen molar-refractivity contribution < 1.29 is 14.3 Å². The van der Waals surface area contributed by atoms with E-state index in [-0.39, 0.29) is 18.4 Å². The molecule has 0 saturated carbocycles. The molecule has 0 aliphatic carbocycles. The lowest BCUT2D eigenvalue weighted by Gasteiger charge is -2.10. The zero-order chi connectivity index (χ0) is 17.5. The molecular weight excluding hydrogens is 304 g/mol. The average Bonchev–Trinajstić information content (AvgIpc) is 2.53. The van der Waals surface area contributed by atoms with E-state index in [1.54, 1.807) is 31.2 Å². The molecule has 0 unspecified atom stereocenters. The molecule has 0 atom stereocenters. The summed E-state index contributed by atoms with van der Waals surface area (Å²) in [5, 5.41) is 5.89. The molecule has 126 valence electrons. The molecule has 5 nitrogen and oxygen atoms in total. The quantitative estimate of drug-likeness (QED) is 0.797. The van der Waals surface area contributed by atoms with Crippen molar-refractivity contribution in [1.29, 1.82) is 0 Å². The number of amides is 1. The molecule has 0 aromatic heterocycles. The van der Waals surface area contributed by atoms with E-state index in [4.69, 9.17) is 4.74 Å². The van der Waals surface area contributed by atoms with E-state index in [2.05, 4.69) is 16.7 Å². The summed E-state index contributed by atoms with van der Waals surface area (Å²) in [7, 11) is 0. The summed E-state index contributed by atoms with van der Waals surface area (Å²) < 4.78 is 4.92. The van der Waals surface area contributed by atoms with Crippen molar-refractivity contribution in [3.05, 3.63) is 59.2 Å². The van der Waals surface area contributed by atoms with Crippen LogP contribution in [0.25, 0.3) is 0 Å². The highest BCUT2D eigenvalue weighted by atomic mass is 16.5. The Hall–Kier alpha value is -2.82. The van der Waals surface area contributed by atoms with Gasteiger partial charge in [0.2, 0.25) is 5.91 Å². The van der Waals surface area contributed by atoms with E-state index in [0.29, 0.717) is 17.9 Å². The maximum Gasteiger partial charge on any atom is 0.338 e. The van der Waals surface area contributed by atoms with E-state index in [1.165, 1.54) is 0 Å². The SMILES string of the molecule is CCOC(=O)c1ccc(NC(=O)CNc2cc(C)cc(C)c2)cc1. The lowest BCUT2D eigenvalue weighted by molar-refractivity contribution is -0.114. The molecule has 2 rings (SSSR count). The molecule has 0 aliphatic rings. The molecule has 0 saturated heterocycles. The van der Waals surface area contributed by atoms with Gasteiger partial charge in [-0.05, 0) is 68.3 Å². The van der Waals surface area contributed by atoms with Crippen LogP contribution in [0.5, 0.6) is 0 Å². The van der Waals surface area contributed by atoms with Gasteiger partial charge in [-0.15, -0.1) is 0 Å². The molecule has 2 N–H and O–H groups in total. The third-order valence-corrected chi connectivity index (χ3v) is 3.35. The summed E-state index contributed by atoms with van der Waals surface area (Å²) in [6, 6.07) is 12.7. The maximum absolute atomic E-state index is 12.0. The maximum atomic E-state index is 12.0. The van der Waals surface area contributed by atoms with Gasteiger partial charge in [0, 0.05) is 11.4 Å². The fourth-order valence-corrected chi connectivity index (χ4v) is 2.37.